The summed E-state index contributed by atoms with van der Waals surface area (Å²) in [4.78, 5) is 2.37. The molecule has 2 aliphatic heterocycles. The molecule has 106 valence electrons. The van der Waals surface area contributed by atoms with Crippen molar-refractivity contribution in [3.63, 3.8) is 0 Å². The summed E-state index contributed by atoms with van der Waals surface area (Å²) in [5.41, 5.74) is 2.15. The fourth-order valence-corrected chi connectivity index (χ4v) is 3.40. The molecule has 0 spiro atoms. The van der Waals surface area contributed by atoms with Crippen LogP contribution in [0.2, 0.25) is 0 Å². The van der Waals surface area contributed by atoms with Gasteiger partial charge in [0.25, 0.3) is 0 Å². The number of hydrogen-bond acceptors (Lipinski definition) is 4. The number of aliphatic hydroxyl groups excluding tert-OH is 1. The second-order valence-electron chi connectivity index (χ2n) is 5.78. The minimum Gasteiger partial charge on any atom is -0.454 e. The maximum Gasteiger partial charge on any atom is 0.231 e. The number of β-amino-alcohol motifs (C(OH)–C–C–N with tert-alkyl or cyclic N) is 1. The van der Waals surface area contributed by atoms with Gasteiger partial charge in [0.05, 0.1) is 6.10 Å². The van der Waals surface area contributed by atoms with Crippen LogP contribution in [0.4, 0.5) is 0 Å². The summed E-state index contributed by atoms with van der Waals surface area (Å²) in [6, 6.07) is 4.42. The molecule has 0 radical (unpaired) electrons. The molecule has 1 N–H and O–H groups in total. The summed E-state index contributed by atoms with van der Waals surface area (Å²) in [6.07, 6.45) is 7.71. The lowest BCUT2D eigenvalue weighted by Crippen LogP contribution is -2.40. The molecule has 0 fully saturated rings. The van der Waals surface area contributed by atoms with E-state index in [2.05, 4.69) is 17.1 Å². The normalized spacial score (nSPS) is 28.4. The Morgan fingerprint density at radius 3 is 2.85 bits per heavy atom. The largest absolute Gasteiger partial charge is 0.454 e. The zero-order chi connectivity index (χ0) is 13.5. The number of rotatable bonds is 1. The summed E-state index contributed by atoms with van der Waals surface area (Å²) in [7, 11) is 0. The second kappa shape index (κ2) is 4.79. The summed E-state index contributed by atoms with van der Waals surface area (Å²) >= 11 is 0. The van der Waals surface area contributed by atoms with Gasteiger partial charge in [0.15, 0.2) is 11.5 Å². The van der Waals surface area contributed by atoms with Gasteiger partial charge < -0.3 is 14.6 Å². The van der Waals surface area contributed by atoms with Crippen molar-refractivity contribution in [2.45, 2.75) is 38.0 Å². The van der Waals surface area contributed by atoms with Crippen LogP contribution in [0.3, 0.4) is 0 Å². The Bertz CT molecular complexity index is 555. The number of fused-ring (bicyclic) bond motifs is 2. The van der Waals surface area contributed by atoms with Crippen LogP contribution in [0.5, 0.6) is 11.5 Å². The number of nitrogens with zero attached hydrogens (tertiary/aromatic N) is 1. The van der Waals surface area contributed by atoms with Crippen molar-refractivity contribution in [2.24, 2.45) is 0 Å². The average molecular weight is 273 g/mol. The van der Waals surface area contributed by atoms with Crippen molar-refractivity contribution in [1.29, 1.82) is 0 Å². The maximum absolute atomic E-state index is 10.4. The summed E-state index contributed by atoms with van der Waals surface area (Å²) in [5.74, 6) is 1.56. The minimum absolute atomic E-state index is 0.281. The van der Waals surface area contributed by atoms with E-state index in [1.165, 1.54) is 19.3 Å². The second-order valence-corrected chi connectivity index (χ2v) is 5.78. The van der Waals surface area contributed by atoms with Gasteiger partial charge in [-0.3, -0.25) is 4.90 Å². The third kappa shape index (κ3) is 2.00. The van der Waals surface area contributed by atoms with Crippen LogP contribution in [0.25, 0.3) is 0 Å². The Balaban J connectivity index is 1.64. The smallest absolute Gasteiger partial charge is 0.231 e. The predicted molar refractivity (Wildman–Crippen MR) is 74.7 cm³/mol. The summed E-state index contributed by atoms with van der Waals surface area (Å²) in [6.45, 7) is 1.85. The molecule has 0 aromatic heterocycles. The van der Waals surface area contributed by atoms with Crippen LogP contribution in [0.1, 0.15) is 36.5 Å². The number of ether oxygens (including phenoxy) is 2. The minimum atomic E-state index is -0.441. The van der Waals surface area contributed by atoms with E-state index in [1.54, 1.807) is 0 Å². The van der Waals surface area contributed by atoms with Crippen molar-refractivity contribution in [3.8, 4) is 11.5 Å². The van der Waals surface area contributed by atoms with Crippen molar-refractivity contribution < 1.29 is 14.6 Å². The molecule has 0 unspecified atom stereocenters. The van der Waals surface area contributed by atoms with Gasteiger partial charge in [-0.2, -0.15) is 0 Å². The highest BCUT2D eigenvalue weighted by Crippen LogP contribution is 2.40. The summed E-state index contributed by atoms with van der Waals surface area (Å²) in [5, 5.41) is 10.4. The van der Waals surface area contributed by atoms with Crippen molar-refractivity contribution in [1.82, 2.24) is 4.90 Å². The van der Waals surface area contributed by atoms with Crippen LogP contribution >= 0.6 is 0 Å². The number of hydrogen-bond donors (Lipinski definition) is 1. The Morgan fingerprint density at radius 1 is 1.20 bits per heavy atom. The molecule has 2 atom stereocenters. The molecular formula is C16H19NO3. The number of aliphatic hydroxyl groups is 1. The van der Waals surface area contributed by atoms with Gasteiger partial charge in [-0.1, -0.05) is 12.2 Å². The standard InChI is InChI=1S/C16H19NO3/c18-14-9-17(12-4-2-1-3-5-12)8-11-6-15-16(7-13(11)14)20-10-19-15/h2,4,6-7,12,14,18H,1,3,5,8-10H2/t12-,14-/m1/s1. The third-order valence-electron chi connectivity index (χ3n) is 4.47. The van der Waals surface area contributed by atoms with Crippen LogP contribution in [0.15, 0.2) is 24.3 Å². The van der Waals surface area contributed by atoms with Crippen LogP contribution in [-0.2, 0) is 6.54 Å². The van der Waals surface area contributed by atoms with Gasteiger partial charge in [0.2, 0.25) is 6.79 Å². The van der Waals surface area contributed by atoms with E-state index >= 15 is 0 Å². The molecular weight excluding hydrogens is 254 g/mol. The van der Waals surface area contributed by atoms with Gasteiger partial charge in [-0.25, -0.2) is 0 Å². The highest BCUT2D eigenvalue weighted by molar-refractivity contribution is 5.50. The highest BCUT2D eigenvalue weighted by atomic mass is 16.7. The fourth-order valence-electron chi connectivity index (χ4n) is 3.40. The molecule has 1 aromatic carbocycles. The van der Waals surface area contributed by atoms with E-state index in [0.29, 0.717) is 12.6 Å². The maximum atomic E-state index is 10.4. The van der Waals surface area contributed by atoms with E-state index in [1.807, 2.05) is 12.1 Å². The van der Waals surface area contributed by atoms with Crippen molar-refractivity contribution in [3.05, 3.63) is 35.4 Å². The van der Waals surface area contributed by atoms with Crippen molar-refractivity contribution in [2.75, 3.05) is 13.3 Å². The molecule has 0 saturated heterocycles. The van der Waals surface area contributed by atoms with Gasteiger partial charge in [-0.05, 0) is 42.5 Å². The molecule has 4 heteroatoms. The first-order valence-electron chi connectivity index (χ1n) is 7.32. The lowest BCUT2D eigenvalue weighted by atomic mass is 9.93. The summed E-state index contributed by atoms with van der Waals surface area (Å²) < 4.78 is 10.8. The zero-order valence-corrected chi connectivity index (χ0v) is 11.4. The Hall–Kier alpha value is -1.52. The molecule has 0 saturated carbocycles. The van der Waals surface area contributed by atoms with Gasteiger partial charge in [-0.15, -0.1) is 0 Å². The lowest BCUT2D eigenvalue weighted by molar-refractivity contribution is 0.0730. The van der Waals surface area contributed by atoms with Gasteiger partial charge >= 0.3 is 0 Å². The monoisotopic (exact) mass is 273 g/mol. The third-order valence-corrected chi connectivity index (χ3v) is 4.47. The first kappa shape index (κ1) is 12.2. The molecule has 0 amide bonds. The first-order valence-corrected chi connectivity index (χ1v) is 7.32. The number of allylic oxidation sites excluding steroid dienone is 1. The van der Waals surface area contributed by atoms with Gasteiger partial charge in [0, 0.05) is 19.1 Å². The molecule has 1 aromatic rings. The van der Waals surface area contributed by atoms with E-state index in [9.17, 15) is 5.11 Å². The molecule has 3 aliphatic rings. The zero-order valence-electron chi connectivity index (χ0n) is 11.4. The fraction of sp³-hybridized carbons (Fsp3) is 0.500. The number of benzene rings is 1. The molecule has 0 bridgehead atoms. The SMILES string of the molecule is O[C@@H]1CN([C@@H]2C=CCCC2)Cc2cc3c(cc21)OCO3. The quantitative estimate of drug-likeness (QED) is 0.798. The molecule has 20 heavy (non-hydrogen) atoms. The van der Waals surface area contributed by atoms with E-state index in [-0.39, 0.29) is 6.79 Å². The van der Waals surface area contributed by atoms with Crippen LogP contribution < -0.4 is 9.47 Å². The first-order chi connectivity index (χ1) is 9.81. The predicted octanol–water partition coefficient (Wildman–Crippen LogP) is 2.37. The average Bonchev–Trinajstić information content (AvgIpc) is 2.93. The lowest BCUT2D eigenvalue weighted by Gasteiger charge is -2.37. The molecule has 4 nitrogen and oxygen atoms in total. The van der Waals surface area contributed by atoms with Gasteiger partial charge in [0.1, 0.15) is 0 Å². The van der Waals surface area contributed by atoms with E-state index in [4.69, 9.17) is 9.47 Å². The van der Waals surface area contributed by atoms with Crippen LogP contribution in [0, 0.1) is 0 Å². The molecule has 1 aliphatic carbocycles. The van der Waals surface area contributed by atoms with Crippen LogP contribution in [-0.4, -0.2) is 29.4 Å². The molecule has 4 rings (SSSR count). The Morgan fingerprint density at radius 2 is 2.05 bits per heavy atom. The molecule has 2 heterocycles. The Kier molecular flexibility index (Phi) is 2.93. The topological polar surface area (TPSA) is 41.9 Å². The van der Waals surface area contributed by atoms with Crippen molar-refractivity contribution >= 4 is 0 Å². The Labute approximate surface area is 118 Å². The highest BCUT2D eigenvalue weighted by Gasteiger charge is 2.30. The van der Waals surface area contributed by atoms with E-state index in [0.717, 1.165) is 29.2 Å². The van der Waals surface area contributed by atoms with E-state index < -0.39 is 6.10 Å².